The van der Waals surface area contributed by atoms with Gasteiger partial charge in [-0.2, -0.15) is 0 Å². The maximum atomic E-state index is 12.1. The minimum absolute atomic E-state index is 0.220. The summed E-state index contributed by atoms with van der Waals surface area (Å²) in [6.45, 7) is 0. The highest BCUT2D eigenvalue weighted by Gasteiger charge is 2.40. The van der Waals surface area contributed by atoms with E-state index < -0.39 is 11.5 Å². The van der Waals surface area contributed by atoms with Crippen LogP contribution in [0.4, 0.5) is 5.69 Å². The fraction of sp³-hybridized carbons (Fsp3) is 0.500. The standard InChI is InChI=1S/C16H22N2O3/c17-13-7-3-2-6-12(13)8-9-14(19)18-16(15(20)21)10-4-1-5-11-16/h2-3,6-7H,1,4-5,8-11,17H2,(H,18,19)(H,20,21). The number of carbonyl (C=O) groups excluding carboxylic acids is 1. The highest BCUT2D eigenvalue weighted by molar-refractivity contribution is 5.87. The first-order valence-electron chi connectivity index (χ1n) is 7.41. The van der Waals surface area contributed by atoms with E-state index >= 15 is 0 Å². The van der Waals surface area contributed by atoms with Crippen molar-refractivity contribution in [1.29, 1.82) is 0 Å². The Hall–Kier alpha value is -2.04. The Bertz CT molecular complexity index is 522. The van der Waals surface area contributed by atoms with Crippen LogP contribution in [-0.4, -0.2) is 22.5 Å². The number of carboxylic acids is 1. The first-order chi connectivity index (χ1) is 10.0. The SMILES string of the molecule is Nc1ccccc1CCC(=O)NC1(C(=O)O)CCCCC1. The summed E-state index contributed by atoms with van der Waals surface area (Å²) in [7, 11) is 0. The Balaban J connectivity index is 1.94. The zero-order valence-electron chi connectivity index (χ0n) is 12.1. The van der Waals surface area contributed by atoms with Crippen LogP contribution in [0.15, 0.2) is 24.3 Å². The molecule has 1 amide bonds. The van der Waals surface area contributed by atoms with Crippen molar-refractivity contribution in [3.05, 3.63) is 29.8 Å². The summed E-state index contributed by atoms with van der Waals surface area (Å²) in [5.41, 5.74) is 6.35. The normalized spacial score (nSPS) is 17.1. The lowest BCUT2D eigenvalue weighted by atomic mass is 9.81. The van der Waals surface area contributed by atoms with Crippen LogP contribution in [0.2, 0.25) is 0 Å². The van der Waals surface area contributed by atoms with Gasteiger partial charge in [0.1, 0.15) is 5.54 Å². The number of carbonyl (C=O) groups is 2. The van der Waals surface area contributed by atoms with Gasteiger partial charge in [0.25, 0.3) is 0 Å². The van der Waals surface area contributed by atoms with Crippen LogP contribution in [0.5, 0.6) is 0 Å². The molecule has 0 radical (unpaired) electrons. The second-order valence-corrected chi connectivity index (χ2v) is 5.69. The number of benzene rings is 1. The molecule has 1 aromatic rings. The van der Waals surface area contributed by atoms with E-state index in [2.05, 4.69) is 5.32 Å². The molecule has 0 aromatic heterocycles. The summed E-state index contributed by atoms with van der Waals surface area (Å²) < 4.78 is 0. The van der Waals surface area contributed by atoms with E-state index in [4.69, 9.17) is 5.73 Å². The van der Waals surface area contributed by atoms with E-state index in [-0.39, 0.29) is 12.3 Å². The zero-order chi connectivity index (χ0) is 15.3. The second kappa shape index (κ2) is 6.61. The number of nitrogens with two attached hydrogens (primary N) is 1. The molecule has 1 aliphatic carbocycles. The van der Waals surface area contributed by atoms with Gasteiger partial charge in [0.2, 0.25) is 5.91 Å². The summed E-state index contributed by atoms with van der Waals surface area (Å²) in [5, 5.41) is 12.2. The summed E-state index contributed by atoms with van der Waals surface area (Å²) in [4.78, 5) is 23.6. The molecule has 0 spiro atoms. The number of hydrogen-bond acceptors (Lipinski definition) is 3. The van der Waals surface area contributed by atoms with Crippen molar-refractivity contribution in [2.24, 2.45) is 0 Å². The third kappa shape index (κ3) is 3.74. The number of nitrogens with one attached hydrogen (secondary N) is 1. The van der Waals surface area contributed by atoms with E-state index in [1.165, 1.54) is 0 Å². The number of hydrogen-bond donors (Lipinski definition) is 3. The van der Waals surface area contributed by atoms with Crippen LogP contribution in [0.3, 0.4) is 0 Å². The molecule has 0 bridgehead atoms. The van der Waals surface area contributed by atoms with Gasteiger partial charge in [-0.3, -0.25) is 4.79 Å². The van der Waals surface area contributed by atoms with Gasteiger partial charge >= 0.3 is 5.97 Å². The van der Waals surface area contributed by atoms with E-state index in [0.717, 1.165) is 24.8 Å². The molecule has 1 fully saturated rings. The second-order valence-electron chi connectivity index (χ2n) is 5.69. The van der Waals surface area contributed by atoms with Crippen LogP contribution in [0.1, 0.15) is 44.1 Å². The van der Waals surface area contributed by atoms with Crippen LogP contribution >= 0.6 is 0 Å². The van der Waals surface area contributed by atoms with Crippen molar-refractivity contribution < 1.29 is 14.7 Å². The zero-order valence-corrected chi connectivity index (χ0v) is 12.1. The van der Waals surface area contributed by atoms with Crippen molar-refractivity contribution in [3.8, 4) is 0 Å². The highest BCUT2D eigenvalue weighted by Crippen LogP contribution is 2.28. The Morgan fingerprint density at radius 1 is 1.19 bits per heavy atom. The third-order valence-electron chi connectivity index (χ3n) is 4.17. The molecule has 0 heterocycles. The monoisotopic (exact) mass is 290 g/mol. The number of aryl methyl sites for hydroxylation is 1. The van der Waals surface area contributed by atoms with Crippen molar-refractivity contribution in [1.82, 2.24) is 5.32 Å². The predicted octanol–water partition coefficient (Wildman–Crippen LogP) is 2.11. The number of anilines is 1. The molecule has 1 saturated carbocycles. The first-order valence-corrected chi connectivity index (χ1v) is 7.41. The van der Waals surface area contributed by atoms with Gasteiger partial charge in [-0.1, -0.05) is 37.5 Å². The van der Waals surface area contributed by atoms with Gasteiger partial charge in [-0.05, 0) is 30.9 Å². The third-order valence-corrected chi connectivity index (χ3v) is 4.17. The van der Waals surface area contributed by atoms with Crippen molar-refractivity contribution in [2.45, 2.75) is 50.5 Å². The molecule has 0 unspecified atom stereocenters. The number of aliphatic carboxylic acids is 1. The average Bonchev–Trinajstić information content (AvgIpc) is 2.47. The van der Waals surface area contributed by atoms with E-state index in [9.17, 15) is 14.7 Å². The summed E-state index contributed by atoms with van der Waals surface area (Å²) in [6.07, 6.45) is 4.53. The molecule has 114 valence electrons. The van der Waals surface area contributed by atoms with Gasteiger partial charge in [0.05, 0.1) is 0 Å². The minimum atomic E-state index is -1.07. The summed E-state index contributed by atoms with van der Waals surface area (Å²) in [6, 6.07) is 7.41. The lowest BCUT2D eigenvalue weighted by molar-refractivity contribution is -0.149. The minimum Gasteiger partial charge on any atom is -0.480 e. The van der Waals surface area contributed by atoms with E-state index in [1.54, 1.807) is 6.07 Å². The van der Waals surface area contributed by atoms with Crippen LogP contribution in [0.25, 0.3) is 0 Å². The van der Waals surface area contributed by atoms with Gasteiger partial charge in [-0.15, -0.1) is 0 Å². The molecular weight excluding hydrogens is 268 g/mol. The van der Waals surface area contributed by atoms with Crippen LogP contribution < -0.4 is 11.1 Å². The fourth-order valence-electron chi connectivity index (χ4n) is 2.89. The first kappa shape index (κ1) is 15.4. The maximum absolute atomic E-state index is 12.1. The van der Waals surface area contributed by atoms with E-state index in [0.29, 0.717) is 24.9 Å². The predicted molar refractivity (Wildman–Crippen MR) is 80.8 cm³/mol. The van der Waals surface area contributed by atoms with E-state index in [1.807, 2.05) is 18.2 Å². The topological polar surface area (TPSA) is 92.4 Å². The Morgan fingerprint density at radius 3 is 2.48 bits per heavy atom. The smallest absolute Gasteiger partial charge is 0.329 e. The molecule has 1 aliphatic rings. The number of para-hydroxylation sites is 1. The molecule has 21 heavy (non-hydrogen) atoms. The van der Waals surface area contributed by atoms with Gasteiger partial charge < -0.3 is 16.2 Å². The average molecular weight is 290 g/mol. The fourth-order valence-corrected chi connectivity index (χ4v) is 2.89. The molecule has 0 atom stereocenters. The Morgan fingerprint density at radius 2 is 1.86 bits per heavy atom. The number of carboxylic acid groups (broad SMARTS) is 1. The number of nitrogen functional groups attached to an aromatic ring is 1. The molecular formula is C16H22N2O3. The molecule has 5 nitrogen and oxygen atoms in total. The largest absolute Gasteiger partial charge is 0.480 e. The lowest BCUT2D eigenvalue weighted by Gasteiger charge is -2.34. The number of rotatable bonds is 5. The summed E-state index contributed by atoms with van der Waals surface area (Å²) >= 11 is 0. The highest BCUT2D eigenvalue weighted by atomic mass is 16.4. The van der Waals surface area contributed by atoms with Crippen LogP contribution in [-0.2, 0) is 16.0 Å². The lowest BCUT2D eigenvalue weighted by Crippen LogP contribution is -2.55. The maximum Gasteiger partial charge on any atom is 0.329 e. The van der Waals surface area contributed by atoms with Crippen molar-refractivity contribution in [2.75, 3.05) is 5.73 Å². The van der Waals surface area contributed by atoms with Crippen molar-refractivity contribution in [3.63, 3.8) is 0 Å². The summed E-state index contributed by atoms with van der Waals surface area (Å²) in [5.74, 6) is -1.14. The van der Waals surface area contributed by atoms with Crippen molar-refractivity contribution >= 4 is 17.6 Å². The Labute approximate surface area is 124 Å². The molecule has 0 aliphatic heterocycles. The molecule has 4 N–H and O–H groups in total. The molecule has 5 heteroatoms. The number of amides is 1. The van der Waals surface area contributed by atoms with Gasteiger partial charge in [0, 0.05) is 12.1 Å². The molecule has 1 aromatic carbocycles. The van der Waals surface area contributed by atoms with Gasteiger partial charge in [-0.25, -0.2) is 4.79 Å². The van der Waals surface area contributed by atoms with Gasteiger partial charge in [0.15, 0.2) is 0 Å². The quantitative estimate of drug-likeness (QED) is 0.724. The molecule has 2 rings (SSSR count). The van der Waals surface area contributed by atoms with Crippen LogP contribution in [0, 0.1) is 0 Å². The molecule has 0 saturated heterocycles. The Kier molecular flexibility index (Phi) is 4.83.